The van der Waals surface area contributed by atoms with E-state index in [1.807, 2.05) is 13.8 Å². The Hall–Kier alpha value is -1.36. The van der Waals surface area contributed by atoms with Crippen molar-refractivity contribution < 1.29 is 14.7 Å². The van der Waals surface area contributed by atoms with Crippen molar-refractivity contribution in [1.82, 2.24) is 10.2 Å². The summed E-state index contributed by atoms with van der Waals surface area (Å²) in [4.78, 5) is 25.9. The number of carboxylic acid groups (broad SMARTS) is 1. The Morgan fingerprint density at radius 3 is 2.30 bits per heavy atom. The molecule has 1 saturated heterocycles. The first-order chi connectivity index (χ1) is 10.7. The average Bonchev–Trinajstić information content (AvgIpc) is 2.77. The van der Waals surface area contributed by atoms with E-state index >= 15 is 0 Å². The highest BCUT2D eigenvalue weighted by molar-refractivity contribution is 5.90. The molecule has 5 nitrogen and oxygen atoms in total. The first kappa shape index (κ1) is 18.0. The second-order valence-electron chi connectivity index (χ2n) is 8.03. The minimum absolute atomic E-state index is 0.0890. The molecule has 0 aromatic rings. The Morgan fingerprint density at radius 1 is 1.17 bits per heavy atom. The van der Waals surface area contributed by atoms with Crippen LogP contribution in [0.4, 0.5) is 0 Å². The minimum Gasteiger partial charge on any atom is -0.478 e. The van der Waals surface area contributed by atoms with E-state index in [0.29, 0.717) is 29.7 Å². The van der Waals surface area contributed by atoms with Crippen molar-refractivity contribution in [2.45, 2.75) is 59.8 Å². The van der Waals surface area contributed by atoms with Crippen LogP contribution in [0.3, 0.4) is 0 Å². The zero-order valence-corrected chi connectivity index (χ0v) is 14.9. The summed E-state index contributed by atoms with van der Waals surface area (Å²) in [6, 6.07) is 0. The number of hydrogen-bond donors (Lipinski definition) is 2. The zero-order chi connectivity index (χ0) is 17.3. The van der Waals surface area contributed by atoms with Crippen LogP contribution >= 0.6 is 0 Å². The molecule has 5 heteroatoms. The number of allylic oxidation sites excluding steroid dienone is 1. The molecule has 1 aliphatic heterocycles. The molecule has 23 heavy (non-hydrogen) atoms. The minimum atomic E-state index is -0.914. The predicted molar refractivity (Wildman–Crippen MR) is 89.9 cm³/mol. The number of amides is 1. The van der Waals surface area contributed by atoms with Gasteiger partial charge in [-0.1, -0.05) is 34.1 Å². The van der Waals surface area contributed by atoms with Gasteiger partial charge in [0.1, 0.15) is 0 Å². The van der Waals surface area contributed by atoms with E-state index in [0.717, 1.165) is 32.4 Å². The number of carbonyl (C=O) groups is 2. The summed E-state index contributed by atoms with van der Waals surface area (Å²) in [6.07, 6.45) is 4.70. The summed E-state index contributed by atoms with van der Waals surface area (Å²) >= 11 is 0. The molecule has 0 radical (unpaired) electrons. The Balaban J connectivity index is 1.95. The molecule has 1 aliphatic carbocycles. The van der Waals surface area contributed by atoms with E-state index in [9.17, 15) is 14.7 Å². The van der Waals surface area contributed by atoms with Gasteiger partial charge in [0.2, 0.25) is 5.91 Å². The molecule has 0 spiro atoms. The quantitative estimate of drug-likeness (QED) is 0.816. The SMILES string of the molecule is CCC1(C)CCN(CC(=O)NC2=C(C(=O)O)CCC2(C)C)CC1. The van der Waals surface area contributed by atoms with Crippen LogP contribution in [0.2, 0.25) is 0 Å². The molecule has 0 aromatic heterocycles. The largest absolute Gasteiger partial charge is 0.478 e. The number of likely N-dealkylation sites (tertiary alicyclic amines) is 1. The summed E-state index contributed by atoms with van der Waals surface area (Å²) < 4.78 is 0. The summed E-state index contributed by atoms with van der Waals surface area (Å²) in [6.45, 7) is 10.8. The molecule has 1 heterocycles. The van der Waals surface area contributed by atoms with Gasteiger partial charge in [-0.3, -0.25) is 9.69 Å². The molecule has 2 N–H and O–H groups in total. The molecule has 2 rings (SSSR count). The number of hydrogen-bond acceptors (Lipinski definition) is 3. The lowest BCUT2D eigenvalue weighted by Gasteiger charge is -2.38. The molecule has 130 valence electrons. The summed E-state index contributed by atoms with van der Waals surface area (Å²) in [5.41, 5.74) is 1.09. The van der Waals surface area contributed by atoms with Gasteiger partial charge in [-0.05, 0) is 44.2 Å². The van der Waals surface area contributed by atoms with Gasteiger partial charge >= 0.3 is 5.97 Å². The van der Waals surface area contributed by atoms with Crippen molar-refractivity contribution in [2.75, 3.05) is 19.6 Å². The van der Waals surface area contributed by atoms with Gasteiger partial charge < -0.3 is 10.4 Å². The van der Waals surface area contributed by atoms with Crippen LogP contribution < -0.4 is 5.32 Å². The van der Waals surface area contributed by atoms with Crippen LogP contribution in [0, 0.1) is 10.8 Å². The lowest BCUT2D eigenvalue weighted by atomic mass is 9.78. The maximum Gasteiger partial charge on any atom is 0.333 e. The highest BCUT2D eigenvalue weighted by Gasteiger charge is 2.37. The molecule has 1 amide bonds. The van der Waals surface area contributed by atoms with Gasteiger partial charge in [0.05, 0.1) is 12.1 Å². The van der Waals surface area contributed by atoms with Gasteiger partial charge in [0.15, 0.2) is 0 Å². The molecular formula is C18H30N2O3. The number of rotatable bonds is 5. The van der Waals surface area contributed by atoms with E-state index in [1.54, 1.807) is 0 Å². The predicted octanol–water partition coefficient (Wildman–Crippen LogP) is 2.77. The number of nitrogens with one attached hydrogen (secondary N) is 1. The van der Waals surface area contributed by atoms with E-state index < -0.39 is 5.97 Å². The van der Waals surface area contributed by atoms with E-state index in [-0.39, 0.29) is 11.3 Å². The van der Waals surface area contributed by atoms with E-state index in [4.69, 9.17) is 0 Å². The Kier molecular flexibility index (Phi) is 5.19. The van der Waals surface area contributed by atoms with Crippen LogP contribution in [0.25, 0.3) is 0 Å². The number of aliphatic carboxylic acids is 1. The fourth-order valence-corrected chi connectivity index (χ4v) is 3.54. The van der Waals surface area contributed by atoms with Crippen LogP contribution in [0.15, 0.2) is 11.3 Å². The molecule has 0 saturated carbocycles. The zero-order valence-electron chi connectivity index (χ0n) is 14.9. The van der Waals surface area contributed by atoms with Crippen molar-refractivity contribution in [3.8, 4) is 0 Å². The van der Waals surface area contributed by atoms with E-state index in [2.05, 4.69) is 24.1 Å². The molecule has 0 bridgehead atoms. The first-order valence-electron chi connectivity index (χ1n) is 8.66. The lowest BCUT2D eigenvalue weighted by Crippen LogP contribution is -2.44. The summed E-state index contributed by atoms with van der Waals surface area (Å²) in [5, 5.41) is 12.2. The van der Waals surface area contributed by atoms with Crippen molar-refractivity contribution in [3.05, 3.63) is 11.3 Å². The van der Waals surface area contributed by atoms with Gasteiger partial charge in [0, 0.05) is 11.1 Å². The standard InChI is InChI=1S/C18H30N2O3/c1-5-18(4)8-10-20(11-9-18)12-14(21)19-15-13(16(22)23)6-7-17(15,2)3/h5-12H2,1-4H3,(H,19,21)(H,22,23). The Labute approximate surface area is 139 Å². The van der Waals surface area contributed by atoms with Gasteiger partial charge in [0.25, 0.3) is 0 Å². The Bertz CT molecular complexity index is 514. The van der Waals surface area contributed by atoms with Crippen molar-refractivity contribution >= 4 is 11.9 Å². The first-order valence-corrected chi connectivity index (χ1v) is 8.66. The number of nitrogens with zero attached hydrogens (tertiary/aromatic N) is 1. The average molecular weight is 322 g/mol. The van der Waals surface area contributed by atoms with Gasteiger partial charge in [-0.2, -0.15) is 0 Å². The smallest absolute Gasteiger partial charge is 0.333 e. The summed E-state index contributed by atoms with van der Waals surface area (Å²) in [5.74, 6) is -1.00. The second kappa shape index (κ2) is 6.63. The topological polar surface area (TPSA) is 69.6 Å². The molecule has 0 atom stereocenters. The van der Waals surface area contributed by atoms with Crippen molar-refractivity contribution in [3.63, 3.8) is 0 Å². The van der Waals surface area contributed by atoms with E-state index in [1.165, 1.54) is 6.42 Å². The van der Waals surface area contributed by atoms with Crippen LogP contribution in [0.1, 0.15) is 59.8 Å². The fraction of sp³-hybridized carbons (Fsp3) is 0.778. The van der Waals surface area contributed by atoms with Crippen molar-refractivity contribution in [2.24, 2.45) is 10.8 Å². The van der Waals surface area contributed by atoms with Gasteiger partial charge in [-0.15, -0.1) is 0 Å². The molecule has 0 unspecified atom stereocenters. The maximum atomic E-state index is 12.4. The molecular weight excluding hydrogens is 292 g/mol. The lowest BCUT2D eigenvalue weighted by molar-refractivity contribution is -0.132. The highest BCUT2D eigenvalue weighted by Crippen LogP contribution is 2.40. The van der Waals surface area contributed by atoms with Crippen LogP contribution in [0.5, 0.6) is 0 Å². The molecule has 1 fully saturated rings. The second-order valence-corrected chi connectivity index (χ2v) is 8.03. The number of carboxylic acids is 1. The normalized spacial score (nSPS) is 23.8. The van der Waals surface area contributed by atoms with Crippen molar-refractivity contribution in [1.29, 1.82) is 0 Å². The van der Waals surface area contributed by atoms with Crippen LogP contribution in [-0.2, 0) is 9.59 Å². The third kappa shape index (κ3) is 4.14. The third-order valence-corrected chi connectivity index (χ3v) is 5.79. The number of carbonyl (C=O) groups excluding carboxylic acids is 1. The molecule has 2 aliphatic rings. The van der Waals surface area contributed by atoms with Gasteiger partial charge in [-0.25, -0.2) is 4.79 Å². The monoisotopic (exact) mass is 322 g/mol. The highest BCUT2D eigenvalue weighted by atomic mass is 16.4. The number of piperidine rings is 1. The molecule has 0 aromatic carbocycles. The van der Waals surface area contributed by atoms with Crippen LogP contribution in [-0.4, -0.2) is 41.5 Å². The fourth-order valence-electron chi connectivity index (χ4n) is 3.54. The maximum absolute atomic E-state index is 12.4. The third-order valence-electron chi connectivity index (χ3n) is 5.79. The summed E-state index contributed by atoms with van der Waals surface area (Å²) in [7, 11) is 0. The Morgan fingerprint density at radius 2 is 1.78 bits per heavy atom.